The van der Waals surface area contributed by atoms with E-state index in [4.69, 9.17) is 5.73 Å². The second-order valence-corrected chi connectivity index (χ2v) is 5.11. The Labute approximate surface area is 87.3 Å². The molecule has 3 nitrogen and oxygen atoms in total. The summed E-state index contributed by atoms with van der Waals surface area (Å²) in [5.74, 6) is 1.03. The first-order valence-electron chi connectivity index (χ1n) is 5.65. The largest absolute Gasteiger partial charge is 0.393 e. The van der Waals surface area contributed by atoms with Gasteiger partial charge in [0.1, 0.15) is 0 Å². The van der Waals surface area contributed by atoms with E-state index < -0.39 is 0 Å². The molecule has 84 valence electrons. The molecular formula is C11H24N2O. The second kappa shape index (κ2) is 5.10. The van der Waals surface area contributed by atoms with Gasteiger partial charge in [0.15, 0.2) is 0 Å². The van der Waals surface area contributed by atoms with Crippen molar-refractivity contribution in [3.05, 3.63) is 0 Å². The van der Waals surface area contributed by atoms with E-state index in [0.717, 1.165) is 26.1 Å². The highest BCUT2D eigenvalue weighted by Gasteiger charge is 2.27. The van der Waals surface area contributed by atoms with E-state index in [1.54, 1.807) is 0 Å². The van der Waals surface area contributed by atoms with Crippen LogP contribution in [0.15, 0.2) is 0 Å². The fourth-order valence-corrected chi connectivity index (χ4v) is 2.29. The Morgan fingerprint density at radius 2 is 2.00 bits per heavy atom. The average molecular weight is 200 g/mol. The van der Waals surface area contributed by atoms with Crippen molar-refractivity contribution in [2.24, 2.45) is 17.6 Å². The van der Waals surface area contributed by atoms with E-state index in [1.807, 2.05) is 6.92 Å². The Morgan fingerprint density at radius 1 is 1.36 bits per heavy atom. The minimum absolute atomic E-state index is 0.226. The van der Waals surface area contributed by atoms with Gasteiger partial charge in [0.2, 0.25) is 0 Å². The lowest BCUT2D eigenvalue weighted by Gasteiger charge is -2.38. The Kier molecular flexibility index (Phi) is 4.35. The van der Waals surface area contributed by atoms with E-state index in [2.05, 4.69) is 18.7 Å². The topological polar surface area (TPSA) is 49.5 Å². The summed E-state index contributed by atoms with van der Waals surface area (Å²) in [5, 5.41) is 9.56. The van der Waals surface area contributed by atoms with Crippen molar-refractivity contribution in [1.29, 1.82) is 0 Å². The molecule has 0 bridgehead atoms. The first kappa shape index (κ1) is 12.0. The lowest BCUT2D eigenvalue weighted by Crippen LogP contribution is -2.50. The van der Waals surface area contributed by atoms with Crippen molar-refractivity contribution in [1.82, 2.24) is 4.90 Å². The standard InChI is InChI=1S/C11H24N2O/c1-8(2)5-13-6-10(9(3)14)4-11(12)7-13/h8-11,14H,4-7,12H2,1-3H3. The van der Waals surface area contributed by atoms with Crippen molar-refractivity contribution in [3.8, 4) is 0 Å². The van der Waals surface area contributed by atoms with Crippen LogP contribution < -0.4 is 5.73 Å². The molecule has 0 spiro atoms. The maximum Gasteiger partial charge on any atom is 0.0553 e. The molecule has 1 fully saturated rings. The maximum absolute atomic E-state index is 9.56. The van der Waals surface area contributed by atoms with E-state index in [9.17, 15) is 5.11 Å². The summed E-state index contributed by atoms with van der Waals surface area (Å²) in [6.07, 6.45) is 0.739. The normalized spacial score (nSPS) is 32.1. The van der Waals surface area contributed by atoms with Crippen LogP contribution in [0, 0.1) is 11.8 Å². The number of aliphatic hydroxyl groups excluding tert-OH is 1. The van der Waals surface area contributed by atoms with Gasteiger partial charge in [-0.25, -0.2) is 0 Å². The number of likely N-dealkylation sites (tertiary alicyclic amines) is 1. The van der Waals surface area contributed by atoms with Gasteiger partial charge in [-0.15, -0.1) is 0 Å². The number of nitrogens with two attached hydrogens (primary N) is 1. The lowest BCUT2D eigenvalue weighted by atomic mass is 9.90. The number of nitrogens with zero attached hydrogens (tertiary/aromatic N) is 1. The molecule has 3 N–H and O–H groups in total. The van der Waals surface area contributed by atoms with Crippen molar-refractivity contribution >= 4 is 0 Å². The van der Waals surface area contributed by atoms with Crippen LogP contribution in [0.2, 0.25) is 0 Å². The molecule has 3 unspecified atom stereocenters. The minimum atomic E-state index is -0.226. The third kappa shape index (κ3) is 3.56. The first-order chi connectivity index (χ1) is 6.49. The molecule has 0 aromatic heterocycles. The van der Waals surface area contributed by atoms with Crippen LogP contribution in [0.3, 0.4) is 0 Å². The summed E-state index contributed by atoms with van der Waals surface area (Å²) < 4.78 is 0. The second-order valence-electron chi connectivity index (χ2n) is 5.11. The molecule has 0 amide bonds. The van der Waals surface area contributed by atoms with Crippen LogP contribution in [-0.2, 0) is 0 Å². The zero-order chi connectivity index (χ0) is 10.7. The van der Waals surface area contributed by atoms with Gasteiger partial charge in [-0.3, -0.25) is 0 Å². The van der Waals surface area contributed by atoms with Crippen LogP contribution in [0.5, 0.6) is 0 Å². The van der Waals surface area contributed by atoms with E-state index in [1.165, 1.54) is 0 Å². The first-order valence-corrected chi connectivity index (χ1v) is 5.65. The number of hydrogen-bond donors (Lipinski definition) is 2. The van der Waals surface area contributed by atoms with Crippen LogP contribution in [0.4, 0.5) is 0 Å². The predicted molar refractivity (Wildman–Crippen MR) is 59.0 cm³/mol. The summed E-state index contributed by atoms with van der Waals surface area (Å²) in [7, 11) is 0. The number of piperidine rings is 1. The van der Waals surface area contributed by atoms with Gasteiger partial charge < -0.3 is 15.7 Å². The number of rotatable bonds is 3. The molecule has 0 aromatic rings. The van der Waals surface area contributed by atoms with Gasteiger partial charge in [-0.2, -0.15) is 0 Å². The summed E-state index contributed by atoms with van der Waals surface area (Å²) in [6.45, 7) is 9.40. The maximum atomic E-state index is 9.56. The van der Waals surface area contributed by atoms with Crippen LogP contribution in [-0.4, -0.2) is 41.8 Å². The molecule has 1 saturated heterocycles. The molecule has 0 radical (unpaired) electrons. The predicted octanol–water partition coefficient (Wildman–Crippen LogP) is 0.672. The molecule has 1 aliphatic rings. The van der Waals surface area contributed by atoms with Gasteiger partial charge >= 0.3 is 0 Å². The van der Waals surface area contributed by atoms with Crippen LogP contribution in [0.25, 0.3) is 0 Å². The van der Waals surface area contributed by atoms with Gasteiger partial charge in [0.25, 0.3) is 0 Å². The number of aliphatic hydroxyl groups is 1. The highest BCUT2D eigenvalue weighted by molar-refractivity contribution is 4.83. The van der Waals surface area contributed by atoms with Crippen molar-refractivity contribution in [2.45, 2.75) is 39.3 Å². The van der Waals surface area contributed by atoms with Crippen molar-refractivity contribution < 1.29 is 5.11 Å². The summed E-state index contributed by atoms with van der Waals surface area (Å²) in [4.78, 5) is 2.39. The molecule has 0 aromatic carbocycles. The zero-order valence-electron chi connectivity index (χ0n) is 9.61. The van der Waals surface area contributed by atoms with E-state index >= 15 is 0 Å². The molecule has 3 heteroatoms. The average Bonchev–Trinajstić information content (AvgIpc) is 2.01. The molecule has 1 heterocycles. The molecule has 1 rings (SSSR count). The Bertz CT molecular complexity index is 169. The minimum Gasteiger partial charge on any atom is -0.393 e. The molecule has 3 atom stereocenters. The summed E-state index contributed by atoms with van der Waals surface area (Å²) >= 11 is 0. The molecule has 0 aliphatic carbocycles. The monoisotopic (exact) mass is 200 g/mol. The van der Waals surface area contributed by atoms with E-state index in [0.29, 0.717) is 11.8 Å². The lowest BCUT2D eigenvalue weighted by molar-refractivity contribution is 0.0502. The van der Waals surface area contributed by atoms with Gasteiger partial charge in [-0.05, 0) is 25.2 Å². The van der Waals surface area contributed by atoms with E-state index in [-0.39, 0.29) is 12.1 Å². The summed E-state index contributed by atoms with van der Waals surface area (Å²) in [6, 6.07) is 0.238. The van der Waals surface area contributed by atoms with Crippen LogP contribution >= 0.6 is 0 Å². The smallest absolute Gasteiger partial charge is 0.0553 e. The van der Waals surface area contributed by atoms with Crippen molar-refractivity contribution in [2.75, 3.05) is 19.6 Å². The Morgan fingerprint density at radius 3 is 2.50 bits per heavy atom. The SMILES string of the molecule is CC(C)CN1CC(N)CC(C(C)O)C1. The van der Waals surface area contributed by atoms with Gasteiger partial charge in [0, 0.05) is 25.7 Å². The van der Waals surface area contributed by atoms with Gasteiger partial charge in [-0.1, -0.05) is 13.8 Å². The molecule has 1 aliphatic heterocycles. The fourth-order valence-electron chi connectivity index (χ4n) is 2.29. The third-order valence-corrected chi connectivity index (χ3v) is 2.90. The van der Waals surface area contributed by atoms with Crippen molar-refractivity contribution in [3.63, 3.8) is 0 Å². The summed E-state index contributed by atoms with van der Waals surface area (Å²) in [5.41, 5.74) is 5.98. The van der Waals surface area contributed by atoms with Gasteiger partial charge in [0.05, 0.1) is 6.10 Å². The van der Waals surface area contributed by atoms with Crippen LogP contribution in [0.1, 0.15) is 27.2 Å². The molecule has 0 saturated carbocycles. The third-order valence-electron chi connectivity index (χ3n) is 2.90. The zero-order valence-corrected chi connectivity index (χ0v) is 9.61. The number of hydrogen-bond acceptors (Lipinski definition) is 3. The Balaban J connectivity index is 2.45. The molecular weight excluding hydrogens is 176 g/mol. The molecule has 14 heavy (non-hydrogen) atoms. The fraction of sp³-hybridized carbons (Fsp3) is 1.00. The highest BCUT2D eigenvalue weighted by atomic mass is 16.3. The highest BCUT2D eigenvalue weighted by Crippen LogP contribution is 2.19. The Hall–Kier alpha value is -0.120. The quantitative estimate of drug-likeness (QED) is 0.704.